The molecule has 0 N–H and O–H groups in total. The van der Waals surface area contributed by atoms with Crippen molar-refractivity contribution in [2.45, 2.75) is 26.4 Å². The van der Waals surface area contributed by atoms with E-state index < -0.39 is 29.1 Å². The van der Waals surface area contributed by atoms with Gasteiger partial charge in [-0.2, -0.15) is 0 Å². The third-order valence-electron chi connectivity index (χ3n) is 0.786. The molecule has 0 saturated carbocycles. The first-order chi connectivity index (χ1) is 7.12. The van der Waals surface area contributed by atoms with Crippen molar-refractivity contribution in [1.82, 2.24) is 0 Å². The zero-order valence-electron chi connectivity index (χ0n) is 8.92. The van der Waals surface area contributed by atoms with Gasteiger partial charge < -0.3 is 28.7 Å². The molecule has 10 nitrogen and oxygen atoms in total. The third-order valence-corrected chi connectivity index (χ3v) is 4.76. The summed E-state index contributed by atoms with van der Waals surface area (Å²) in [6.07, 6.45) is 0. The van der Waals surface area contributed by atoms with Gasteiger partial charge in [0.15, 0.2) is 0 Å². The molecule has 0 rings (SSSR count). The van der Waals surface area contributed by atoms with Gasteiger partial charge in [0.25, 0.3) is 15.6 Å². The highest BCUT2D eigenvalue weighted by Crippen LogP contribution is 2.61. The van der Waals surface area contributed by atoms with Crippen molar-refractivity contribution in [3.05, 3.63) is 0 Å². The Morgan fingerprint density at radius 1 is 0.824 bits per heavy atom. The molecule has 0 aliphatic heterocycles. The quantitative estimate of drug-likeness (QED) is 0.549. The average Bonchev–Trinajstić information content (AvgIpc) is 1.65. The topological polar surface area (TPSA) is 171 Å². The van der Waals surface area contributed by atoms with Crippen molar-refractivity contribution in [2.24, 2.45) is 0 Å². The highest BCUT2D eigenvalue weighted by Gasteiger charge is 2.26. The first kappa shape index (κ1) is 17.4. The van der Waals surface area contributed by atoms with Gasteiger partial charge in [-0.15, -0.1) is 0 Å². The molecule has 0 radical (unpaired) electrons. The molecule has 17 heavy (non-hydrogen) atoms. The zero-order valence-corrected chi connectivity index (χ0v) is 11.6. The largest absolute Gasteiger partial charge is 0.790 e. The minimum atomic E-state index is -5.94. The maximum Gasteiger partial charge on any atom is 0.278 e. The van der Waals surface area contributed by atoms with Crippen molar-refractivity contribution in [1.29, 1.82) is 0 Å². The lowest BCUT2D eigenvalue weighted by Crippen LogP contribution is -2.24. The minimum Gasteiger partial charge on any atom is -0.790 e. The molecule has 0 amide bonds. The summed E-state index contributed by atoms with van der Waals surface area (Å²) >= 11 is 0. The average molecular weight is 310 g/mol. The van der Waals surface area contributed by atoms with Crippen LogP contribution in [0.2, 0.25) is 0 Å². The predicted octanol–water partition coefficient (Wildman–Crippen LogP) is -1.40. The van der Waals surface area contributed by atoms with E-state index in [1.165, 1.54) is 20.8 Å². The van der Waals surface area contributed by atoms with Crippen LogP contribution < -0.4 is 19.6 Å². The number of hydrogen-bond acceptors (Lipinski definition) is 10. The molecule has 104 valence electrons. The van der Waals surface area contributed by atoms with E-state index in [4.69, 9.17) is 0 Å². The van der Waals surface area contributed by atoms with Crippen LogP contribution in [0.25, 0.3) is 0 Å². The van der Waals surface area contributed by atoms with Gasteiger partial charge >= 0.3 is 0 Å². The lowest BCUT2D eigenvalue weighted by Gasteiger charge is -2.39. The zero-order chi connectivity index (χ0) is 14.1. The second-order valence-electron chi connectivity index (χ2n) is 3.71. The molecule has 0 heterocycles. The highest BCUT2D eigenvalue weighted by molar-refractivity contribution is 7.64. The molecule has 0 aromatic heterocycles. The first-order valence-electron chi connectivity index (χ1n) is 3.90. The van der Waals surface area contributed by atoms with Crippen molar-refractivity contribution in [3.63, 3.8) is 0 Å². The maximum atomic E-state index is 11.0. The Labute approximate surface area is 97.0 Å². The molecule has 2 unspecified atom stereocenters. The summed E-state index contributed by atoms with van der Waals surface area (Å²) in [7, 11) is -17.2. The Kier molecular flexibility index (Phi) is 5.31. The van der Waals surface area contributed by atoms with Gasteiger partial charge in [-0.1, -0.05) is 0 Å². The van der Waals surface area contributed by atoms with Crippen molar-refractivity contribution < 1.29 is 46.4 Å². The Morgan fingerprint density at radius 3 is 1.53 bits per heavy atom. The number of phosphoric acid groups is 3. The van der Waals surface area contributed by atoms with E-state index in [1.807, 2.05) is 0 Å². The van der Waals surface area contributed by atoms with Crippen molar-refractivity contribution >= 4 is 23.5 Å². The van der Waals surface area contributed by atoms with Gasteiger partial charge in [-0.3, -0.25) is 13.4 Å². The molecular weight excluding hydrogens is 301 g/mol. The fourth-order valence-corrected chi connectivity index (χ4v) is 3.76. The molecule has 0 aliphatic rings. The number of rotatable bonds is 5. The molecule has 13 heteroatoms. The van der Waals surface area contributed by atoms with Gasteiger partial charge in [-0.25, -0.2) is 4.31 Å². The van der Waals surface area contributed by atoms with Crippen LogP contribution in [0.3, 0.4) is 0 Å². The lowest BCUT2D eigenvalue weighted by atomic mass is 10.2. The van der Waals surface area contributed by atoms with E-state index in [2.05, 4.69) is 13.1 Å². The smallest absolute Gasteiger partial charge is 0.278 e. The maximum absolute atomic E-state index is 11.0. The fraction of sp³-hybridized carbons (Fsp3) is 1.00. The van der Waals surface area contributed by atoms with Crippen LogP contribution in [0.1, 0.15) is 20.8 Å². The molecule has 0 saturated heterocycles. The summed E-state index contributed by atoms with van der Waals surface area (Å²) < 4.78 is 42.2. The van der Waals surface area contributed by atoms with Gasteiger partial charge in [0.2, 0.25) is 0 Å². The standard InChI is InChI=1S/C4H13O10P3/c1-4(2,3)12-16(8,9)14-17(10,11)13-15(5,6)7/h1-3H3,(H,8,9)(H,10,11)(H2,5,6,7)/p-4. The van der Waals surface area contributed by atoms with Crippen LogP contribution >= 0.6 is 23.5 Å². The van der Waals surface area contributed by atoms with Crippen LogP contribution in [-0.4, -0.2) is 5.60 Å². The molecule has 0 spiro atoms. The fourth-order valence-electron chi connectivity index (χ4n) is 0.612. The predicted molar refractivity (Wildman–Crippen MR) is 45.8 cm³/mol. The van der Waals surface area contributed by atoms with E-state index in [9.17, 15) is 33.3 Å². The lowest BCUT2D eigenvalue weighted by molar-refractivity contribution is -0.339. The van der Waals surface area contributed by atoms with E-state index in [0.29, 0.717) is 0 Å². The molecule has 0 fully saturated rings. The highest BCUT2D eigenvalue weighted by atomic mass is 31.3. The van der Waals surface area contributed by atoms with Crippen LogP contribution in [0, 0.1) is 0 Å². The van der Waals surface area contributed by atoms with Crippen molar-refractivity contribution in [3.8, 4) is 0 Å². The molecule has 2 atom stereocenters. The monoisotopic (exact) mass is 310 g/mol. The summed E-state index contributed by atoms with van der Waals surface area (Å²) in [5, 5.41) is 0. The van der Waals surface area contributed by atoms with Crippen LogP contribution in [-0.2, 0) is 26.8 Å². The SMILES string of the molecule is CC(C)(C)OP(=O)([O-])OP(=O)([O-])OP(=O)([O-])[O-]. The number of hydrogen-bond donors (Lipinski definition) is 0. The summed E-state index contributed by atoms with van der Waals surface area (Å²) in [5.74, 6) is 0. The third kappa shape index (κ3) is 10.1. The first-order valence-corrected chi connectivity index (χ1v) is 8.28. The van der Waals surface area contributed by atoms with Crippen LogP contribution in [0.4, 0.5) is 0 Å². The normalized spacial score (nSPS) is 20.6. The minimum absolute atomic E-state index is 1.27. The Morgan fingerprint density at radius 2 is 1.24 bits per heavy atom. The summed E-state index contributed by atoms with van der Waals surface area (Å²) in [4.78, 5) is 41.7. The Balaban J connectivity index is 4.78. The van der Waals surface area contributed by atoms with Crippen LogP contribution in [0.15, 0.2) is 0 Å². The van der Waals surface area contributed by atoms with E-state index >= 15 is 0 Å². The molecule has 0 bridgehead atoms. The summed E-state index contributed by atoms with van der Waals surface area (Å²) in [6.45, 7) is 3.80. The van der Waals surface area contributed by atoms with Gasteiger partial charge in [0, 0.05) is 0 Å². The molecule has 0 aromatic carbocycles. The van der Waals surface area contributed by atoms with Crippen molar-refractivity contribution in [2.75, 3.05) is 0 Å². The molecule has 0 aliphatic carbocycles. The Hall–Kier alpha value is 0.410. The summed E-state index contributed by atoms with van der Waals surface area (Å²) in [5.41, 5.74) is -1.31. The van der Waals surface area contributed by atoms with Gasteiger partial charge in [-0.05, 0) is 20.8 Å². The van der Waals surface area contributed by atoms with Gasteiger partial charge in [0.05, 0.1) is 13.4 Å². The number of phosphoric ester groups is 1. The Bertz CT molecular complexity index is 402. The molecular formula is C4H9O10P3-4. The summed E-state index contributed by atoms with van der Waals surface area (Å²) in [6, 6.07) is 0. The second-order valence-corrected chi connectivity index (χ2v) is 7.88. The van der Waals surface area contributed by atoms with E-state index in [0.717, 1.165) is 0 Å². The van der Waals surface area contributed by atoms with E-state index in [-0.39, 0.29) is 0 Å². The second kappa shape index (κ2) is 5.19. The van der Waals surface area contributed by atoms with Gasteiger partial charge in [0.1, 0.15) is 0 Å². The van der Waals surface area contributed by atoms with E-state index in [1.54, 1.807) is 0 Å². The molecule has 0 aromatic rings. The van der Waals surface area contributed by atoms with Crippen LogP contribution in [0.5, 0.6) is 0 Å².